The van der Waals surface area contributed by atoms with Crippen LogP contribution in [-0.4, -0.2) is 48.9 Å². The van der Waals surface area contributed by atoms with Gasteiger partial charge in [0.2, 0.25) is 0 Å². The van der Waals surface area contributed by atoms with Crippen molar-refractivity contribution in [2.75, 3.05) is 0 Å². The van der Waals surface area contributed by atoms with E-state index in [9.17, 15) is 0 Å². The molecule has 0 bridgehead atoms. The molecule has 0 saturated heterocycles. The molecule has 0 unspecified atom stereocenters. The first kappa shape index (κ1) is 18.2. The molecule has 0 aliphatic rings. The molecule has 8 nitrogen and oxygen atoms in total. The summed E-state index contributed by atoms with van der Waals surface area (Å²) in [6.45, 7) is 0. The van der Waals surface area contributed by atoms with Crippen molar-refractivity contribution in [1.29, 1.82) is 0 Å². The molecule has 0 radical (unpaired) electrons. The Kier molecular flexibility index (Phi) is 11.2. The fourth-order valence-corrected chi connectivity index (χ4v) is 0. The third kappa shape index (κ3) is 557. The Morgan fingerprint density at radius 3 is 0.636 bits per heavy atom. The molecule has 0 amide bonds. The van der Waals surface area contributed by atoms with Crippen molar-refractivity contribution >= 4 is 48.9 Å². The van der Waals surface area contributed by atoms with Gasteiger partial charge in [0.25, 0.3) is 0 Å². The van der Waals surface area contributed by atoms with E-state index in [1.54, 1.807) is 0 Å². The van der Waals surface area contributed by atoms with Crippen molar-refractivity contribution in [3.8, 4) is 0 Å². The molecule has 0 fully saturated rings. The zero-order valence-corrected chi connectivity index (χ0v) is 11.5. The molecule has 0 atom stereocenters. The monoisotopic (exact) mass is 376 g/mol. The molecule has 0 heterocycles. The topological polar surface area (TPSA) is 149 Å². The van der Waals surface area contributed by atoms with E-state index >= 15 is 0 Å². The first-order valence-electron chi connectivity index (χ1n) is 1.23. The minimum absolute atomic E-state index is 0. The Labute approximate surface area is 104 Å². The summed E-state index contributed by atoms with van der Waals surface area (Å²) in [6, 6.07) is 0. The maximum absolute atomic E-state index is 8.58. The van der Waals surface area contributed by atoms with Crippen molar-refractivity contribution in [2.45, 2.75) is 0 Å². The second-order valence-corrected chi connectivity index (χ2v) is 3.12. The predicted molar refractivity (Wildman–Crippen MR) is 9.87 cm³/mol. The molecule has 0 aliphatic heterocycles. The molecule has 0 aliphatic carbocycles. The van der Waals surface area contributed by atoms with Crippen LogP contribution >= 0.6 is 0 Å². The molecule has 11 heavy (non-hydrogen) atoms. The van der Waals surface area contributed by atoms with Crippen LogP contribution in [0.4, 0.5) is 0 Å². The van der Waals surface area contributed by atoms with Crippen LogP contribution in [0, 0.1) is 0 Å². The molecule has 0 spiro atoms. The van der Waals surface area contributed by atoms with Gasteiger partial charge in [-0.1, -0.05) is 0 Å². The van der Waals surface area contributed by atoms with E-state index in [1.807, 2.05) is 0 Å². The Balaban J connectivity index is -0.000000107. The van der Waals surface area contributed by atoms with Crippen molar-refractivity contribution in [3.63, 3.8) is 0 Å². The van der Waals surface area contributed by atoms with Gasteiger partial charge < -0.3 is 0 Å². The van der Waals surface area contributed by atoms with Gasteiger partial charge in [-0.3, -0.25) is 0 Å². The van der Waals surface area contributed by atoms with E-state index in [0.29, 0.717) is 0 Å². The molecule has 11 heteroatoms. The van der Waals surface area contributed by atoms with Gasteiger partial charge in [-0.15, -0.1) is 0 Å². The first-order valence-corrected chi connectivity index (χ1v) is 5.09. The third-order valence-electron chi connectivity index (χ3n) is 0. The second-order valence-electron chi connectivity index (χ2n) is 0.756. The number of rotatable bonds is 0. The zero-order chi connectivity index (χ0) is 9.00. The minimum atomic E-state index is -5.62. The summed E-state index contributed by atoms with van der Waals surface area (Å²) >= 11 is -11.2. The van der Waals surface area contributed by atoms with Crippen molar-refractivity contribution in [1.82, 2.24) is 0 Å². The third-order valence-corrected chi connectivity index (χ3v) is 0. The Hall–Kier alpha value is 1.33. The molecule has 0 saturated carbocycles. The molecular formula is BaMn2O8. The van der Waals surface area contributed by atoms with Crippen LogP contribution in [0.2, 0.25) is 0 Å². The van der Waals surface area contributed by atoms with Crippen molar-refractivity contribution < 1.29 is 57.3 Å². The SMILES string of the molecule is [Ba+2].[O]=[Mn](=[O])(=[O])[O-].[O]=[Mn](=[O])(=[O])[O-]. The Morgan fingerprint density at radius 2 is 0.636 bits per heavy atom. The maximum atomic E-state index is 8.58. The van der Waals surface area contributed by atoms with E-state index in [-0.39, 0.29) is 48.9 Å². The summed E-state index contributed by atoms with van der Waals surface area (Å²) in [5.74, 6) is 0. The fraction of sp³-hybridized carbons (Fsp3) is 0. The average molecular weight is 375 g/mol. The van der Waals surface area contributed by atoms with Crippen LogP contribution in [0.1, 0.15) is 0 Å². The number of hydrogen-bond donors (Lipinski definition) is 0. The molecule has 0 N–H and O–H groups in total. The normalized spacial score (nSPS) is 10.4. The summed E-state index contributed by atoms with van der Waals surface area (Å²) in [5, 5.41) is 0. The van der Waals surface area contributed by atoms with Gasteiger partial charge in [0.1, 0.15) is 0 Å². The van der Waals surface area contributed by atoms with Gasteiger partial charge in [-0.2, -0.15) is 0 Å². The van der Waals surface area contributed by atoms with E-state index in [1.165, 1.54) is 0 Å². The van der Waals surface area contributed by atoms with E-state index in [2.05, 4.69) is 0 Å². The van der Waals surface area contributed by atoms with Crippen LogP contribution < -0.4 is 8.38 Å². The average Bonchev–Trinajstić information content (AvgIpc) is 1.12. The summed E-state index contributed by atoms with van der Waals surface area (Å²) in [6.07, 6.45) is 0. The number of hydrogen-bond acceptors (Lipinski definition) is 8. The van der Waals surface area contributed by atoms with E-state index in [0.717, 1.165) is 0 Å². The van der Waals surface area contributed by atoms with Gasteiger partial charge in [0.15, 0.2) is 0 Å². The second kappa shape index (κ2) is 6.80. The van der Waals surface area contributed by atoms with Gasteiger partial charge in [0.05, 0.1) is 0 Å². The zero-order valence-electron chi connectivity index (χ0n) is 4.73. The predicted octanol–water partition coefficient (Wildman–Crippen LogP) is -3.48. The van der Waals surface area contributed by atoms with Gasteiger partial charge in [0, 0.05) is 0 Å². The fourth-order valence-electron chi connectivity index (χ4n) is 0. The van der Waals surface area contributed by atoms with Crippen LogP contribution in [0.5, 0.6) is 0 Å². The van der Waals surface area contributed by atoms with E-state index in [4.69, 9.17) is 31.4 Å². The van der Waals surface area contributed by atoms with Crippen LogP contribution in [-0.2, 0) is 48.9 Å². The summed E-state index contributed by atoms with van der Waals surface area (Å²) in [5.41, 5.74) is 0. The quantitative estimate of drug-likeness (QED) is 0.396. The molecule has 0 aromatic carbocycles. The van der Waals surface area contributed by atoms with Crippen LogP contribution in [0.3, 0.4) is 0 Å². The summed E-state index contributed by atoms with van der Waals surface area (Å²) < 4.78 is 68.6. The van der Waals surface area contributed by atoms with Crippen LogP contribution in [0.25, 0.3) is 0 Å². The van der Waals surface area contributed by atoms with Gasteiger partial charge >= 0.3 is 106 Å². The Morgan fingerprint density at radius 1 is 0.636 bits per heavy atom. The first-order chi connectivity index (χ1) is 4.00. The molecule has 0 aromatic rings. The Bertz CT molecular complexity index is 296. The molecule has 0 rings (SSSR count). The standard InChI is InChI=1S/Ba.2Mn.8O/q+2;;;;;;;;;2*-1. The summed E-state index contributed by atoms with van der Waals surface area (Å²) in [7, 11) is 0. The van der Waals surface area contributed by atoms with E-state index < -0.39 is 25.9 Å². The van der Waals surface area contributed by atoms with Crippen LogP contribution in [0.15, 0.2) is 0 Å². The molecule has 64 valence electrons. The summed E-state index contributed by atoms with van der Waals surface area (Å²) in [4.78, 5) is 0. The van der Waals surface area contributed by atoms with Crippen molar-refractivity contribution in [3.05, 3.63) is 0 Å². The van der Waals surface area contributed by atoms with Crippen molar-refractivity contribution in [2.24, 2.45) is 0 Å². The van der Waals surface area contributed by atoms with Gasteiger partial charge in [-0.25, -0.2) is 0 Å². The molecule has 0 aromatic heterocycles. The molecular weight excluding hydrogens is 375 g/mol. The van der Waals surface area contributed by atoms with Gasteiger partial charge in [-0.05, 0) is 0 Å².